The lowest BCUT2D eigenvalue weighted by Gasteiger charge is -2.34. The zero-order valence-electron chi connectivity index (χ0n) is 29.9. The molecule has 4 rings (SSSR count). The fourth-order valence-corrected chi connectivity index (χ4v) is 6.06. The summed E-state index contributed by atoms with van der Waals surface area (Å²) in [4.78, 5) is 48.6. The van der Waals surface area contributed by atoms with Gasteiger partial charge in [0.05, 0.1) is 13.7 Å². The van der Waals surface area contributed by atoms with Gasteiger partial charge in [-0.05, 0) is 77.8 Å². The first-order valence-electron chi connectivity index (χ1n) is 17.0. The van der Waals surface area contributed by atoms with Crippen LogP contribution in [0.3, 0.4) is 0 Å². The minimum Gasteiger partial charge on any atom is -0.493 e. The van der Waals surface area contributed by atoms with Crippen molar-refractivity contribution in [3.8, 4) is 11.5 Å². The minimum atomic E-state index is -0.642. The highest BCUT2D eigenvalue weighted by molar-refractivity contribution is 5.95. The maximum absolute atomic E-state index is 14.1. The number of ether oxygens (including phenoxy) is 4. The van der Waals surface area contributed by atoms with Gasteiger partial charge in [0.1, 0.15) is 5.60 Å². The zero-order valence-corrected chi connectivity index (χ0v) is 29.9. The molecule has 48 heavy (non-hydrogen) atoms. The van der Waals surface area contributed by atoms with Gasteiger partial charge in [-0.2, -0.15) is 0 Å². The summed E-state index contributed by atoms with van der Waals surface area (Å²) >= 11 is 0. The van der Waals surface area contributed by atoms with Crippen LogP contribution in [0.5, 0.6) is 11.5 Å². The summed E-state index contributed by atoms with van der Waals surface area (Å²) < 4.78 is 22.4. The Hall–Kier alpha value is -3.99. The van der Waals surface area contributed by atoms with Gasteiger partial charge in [-0.1, -0.05) is 18.2 Å². The quantitative estimate of drug-likeness (QED) is 0.223. The van der Waals surface area contributed by atoms with Gasteiger partial charge in [0.2, 0.25) is 0 Å². The number of urea groups is 1. The van der Waals surface area contributed by atoms with Crippen LogP contribution in [0.25, 0.3) is 0 Å². The maximum Gasteiger partial charge on any atom is 0.410 e. The molecule has 1 heterocycles. The van der Waals surface area contributed by atoms with Crippen LogP contribution in [-0.2, 0) is 9.47 Å². The number of nitrogens with zero attached hydrogens (tertiary/aromatic N) is 4. The van der Waals surface area contributed by atoms with Gasteiger partial charge in [0, 0.05) is 88.5 Å². The number of likely N-dealkylation sites (tertiary alicyclic amines) is 1. The highest BCUT2D eigenvalue weighted by Crippen LogP contribution is 2.35. The second kappa shape index (κ2) is 16.4. The van der Waals surface area contributed by atoms with Crippen molar-refractivity contribution in [2.24, 2.45) is 11.8 Å². The second-order valence-electron chi connectivity index (χ2n) is 14.1. The van der Waals surface area contributed by atoms with Crippen molar-refractivity contribution >= 4 is 23.7 Å². The second-order valence-corrected chi connectivity index (χ2v) is 14.1. The number of carbonyl (C=O) groups is 3. The number of carbonyl (C=O) groups excluding carboxylic acids is 3. The summed E-state index contributed by atoms with van der Waals surface area (Å²) in [6, 6.07) is 14.8. The van der Waals surface area contributed by atoms with Gasteiger partial charge in [0.25, 0.3) is 5.91 Å². The van der Waals surface area contributed by atoms with Crippen molar-refractivity contribution in [2.45, 2.75) is 71.6 Å². The first-order valence-corrected chi connectivity index (χ1v) is 17.0. The third-order valence-corrected chi connectivity index (χ3v) is 8.80. The molecule has 1 aliphatic carbocycles. The van der Waals surface area contributed by atoms with E-state index >= 15 is 0 Å². The molecule has 1 saturated heterocycles. The SMILES string of the molecule is COCCCOc1cc(C(=O)N(CC2CN(C(=O)OC(C)(C)C)CC2CN(C(=O)N(C)c2ccccc2)C2CC2)C(C)C)ccc1OC. The first-order chi connectivity index (χ1) is 22.8. The summed E-state index contributed by atoms with van der Waals surface area (Å²) in [5, 5.41) is 0. The van der Waals surface area contributed by atoms with Gasteiger partial charge in [-0.25, -0.2) is 9.59 Å². The molecule has 2 aromatic carbocycles. The molecule has 1 aliphatic heterocycles. The van der Waals surface area contributed by atoms with Crippen LogP contribution in [-0.4, -0.2) is 111 Å². The van der Waals surface area contributed by atoms with Gasteiger partial charge >= 0.3 is 12.1 Å². The van der Waals surface area contributed by atoms with Gasteiger partial charge < -0.3 is 33.6 Å². The van der Waals surface area contributed by atoms with E-state index in [9.17, 15) is 14.4 Å². The summed E-state index contributed by atoms with van der Waals surface area (Å²) in [6.07, 6.45) is 2.22. The average Bonchev–Trinajstić information content (AvgIpc) is 3.82. The molecule has 4 amide bonds. The summed E-state index contributed by atoms with van der Waals surface area (Å²) in [5.74, 6) is 0.773. The Kier molecular flexibility index (Phi) is 12.6. The molecule has 2 fully saturated rings. The van der Waals surface area contributed by atoms with Crippen molar-refractivity contribution in [3.05, 3.63) is 54.1 Å². The predicted octanol–water partition coefficient (Wildman–Crippen LogP) is 6.17. The summed E-state index contributed by atoms with van der Waals surface area (Å²) in [7, 11) is 5.02. The van der Waals surface area contributed by atoms with E-state index in [2.05, 4.69) is 0 Å². The molecule has 0 radical (unpaired) electrons. The number of para-hydroxylation sites is 1. The highest BCUT2D eigenvalue weighted by atomic mass is 16.6. The fourth-order valence-electron chi connectivity index (χ4n) is 6.06. The standard InChI is InChI=1S/C37H54N4O7/c1-26(2)40(34(42)27-15-18-32(46-8)33(21-27)47-20-12-19-45-7)24-28-22-39(36(44)48-37(3,4)5)23-29(28)25-41(31-16-17-31)35(43)38(6)30-13-10-9-11-14-30/h9-11,13-15,18,21,26,28-29,31H,12,16-17,19-20,22-25H2,1-8H3. The van der Waals surface area contributed by atoms with Gasteiger partial charge in [-0.3, -0.25) is 9.69 Å². The Labute approximate surface area is 286 Å². The molecule has 264 valence electrons. The zero-order chi connectivity index (χ0) is 35.0. The van der Waals surface area contributed by atoms with E-state index < -0.39 is 5.60 Å². The predicted molar refractivity (Wildman–Crippen MR) is 186 cm³/mol. The van der Waals surface area contributed by atoms with E-state index in [-0.39, 0.29) is 42.0 Å². The smallest absolute Gasteiger partial charge is 0.410 e. The number of methoxy groups -OCH3 is 2. The molecule has 0 aromatic heterocycles. The van der Waals surface area contributed by atoms with Crippen molar-refractivity contribution in [1.82, 2.24) is 14.7 Å². The van der Waals surface area contributed by atoms with Crippen molar-refractivity contribution < 1.29 is 33.3 Å². The van der Waals surface area contributed by atoms with Crippen molar-refractivity contribution in [3.63, 3.8) is 0 Å². The Morgan fingerprint density at radius 3 is 2.17 bits per heavy atom. The summed E-state index contributed by atoms with van der Waals surface area (Å²) in [6.45, 7) is 12.3. The largest absolute Gasteiger partial charge is 0.493 e. The Morgan fingerprint density at radius 2 is 1.58 bits per heavy atom. The summed E-state index contributed by atoms with van der Waals surface area (Å²) in [5.41, 5.74) is 0.671. The molecule has 11 nitrogen and oxygen atoms in total. The van der Waals surface area contributed by atoms with E-state index in [4.69, 9.17) is 18.9 Å². The molecular weight excluding hydrogens is 612 g/mol. The first kappa shape index (κ1) is 36.8. The van der Waals surface area contributed by atoms with Crippen LogP contribution in [0.2, 0.25) is 0 Å². The number of hydrogen-bond donors (Lipinski definition) is 0. The van der Waals surface area contributed by atoms with Crippen LogP contribution in [0, 0.1) is 11.8 Å². The number of anilines is 1. The molecule has 11 heteroatoms. The van der Waals surface area contributed by atoms with E-state index in [0.717, 1.165) is 18.5 Å². The molecule has 0 bridgehead atoms. The lowest BCUT2D eigenvalue weighted by atomic mass is 9.94. The lowest BCUT2D eigenvalue weighted by molar-refractivity contribution is 0.0281. The average molecular weight is 667 g/mol. The van der Waals surface area contributed by atoms with E-state index in [0.29, 0.717) is 62.9 Å². The van der Waals surface area contributed by atoms with Crippen LogP contribution in [0.1, 0.15) is 64.2 Å². The fraction of sp³-hybridized carbons (Fsp3) is 0.595. The number of rotatable bonds is 14. The molecule has 2 atom stereocenters. The third-order valence-electron chi connectivity index (χ3n) is 8.80. The molecule has 2 aliphatic rings. The van der Waals surface area contributed by atoms with Crippen LogP contribution >= 0.6 is 0 Å². The maximum atomic E-state index is 14.1. The van der Waals surface area contributed by atoms with Crippen LogP contribution in [0.15, 0.2) is 48.5 Å². The molecule has 0 N–H and O–H groups in total. The van der Waals surface area contributed by atoms with E-state index in [1.807, 2.05) is 74.8 Å². The molecule has 2 unspecified atom stereocenters. The van der Waals surface area contributed by atoms with Crippen LogP contribution < -0.4 is 14.4 Å². The minimum absolute atomic E-state index is 0.0594. The molecule has 0 spiro atoms. The topological polar surface area (TPSA) is 101 Å². The Balaban J connectivity index is 1.58. The molecule has 2 aromatic rings. The highest BCUT2D eigenvalue weighted by Gasteiger charge is 2.43. The molecule has 1 saturated carbocycles. The third kappa shape index (κ3) is 9.78. The normalized spacial score (nSPS) is 17.6. The van der Waals surface area contributed by atoms with Crippen molar-refractivity contribution in [1.29, 1.82) is 0 Å². The van der Waals surface area contributed by atoms with Gasteiger partial charge in [0.15, 0.2) is 11.5 Å². The van der Waals surface area contributed by atoms with Gasteiger partial charge in [-0.15, -0.1) is 0 Å². The Bertz CT molecular complexity index is 1380. The number of amides is 4. The number of hydrogen-bond acceptors (Lipinski definition) is 7. The van der Waals surface area contributed by atoms with E-state index in [1.54, 1.807) is 49.3 Å². The lowest BCUT2D eigenvalue weighted by Crippen LogP contribution is -2.47. The molecular formula is C37H54N4O7. The van der Waals surface area contributed by atoms with Crippen LogP contribution in [0.4, 0.5) is 15.3 Å². The van der Waals surface area contributed by atoms with Crippen molar-refractivity contribution in [2.75, 3.05) is 65.6 Å². The Morgan fingerprint density at radius 1 is 0.917 bits per heavy atom. The monoisotopic (exact) mass is 666 g/mol. The van der Waals surface area contributed by atoms with E-state index in [1.165, 1.54) is 0 Å². The number of benzene rings is 2.